The van der Waals surface area contributed by atoms with E-state index < -0.39 is 0 Å². The zero-order valence-electron chi connectivity index (χ0n) is 17.3. The summed E-state index contributed by atoms with van der Waals surface area (Å²) >= 11 is 1.41. The number of amidine groups is 1. The number of likely N-dealkylation sites (N-methyl/N-ethyl adjacent to an activating group) is 1. The molecule has 2 aliphatic heterocycles. The summed E-state index contributed by atoms with van der Waals surface area (Å²) < 4.78 is 7.32. The predicted molar refractivity (Wildman–Crippen MR) is 120 cm³/mol. The van der Waals surface area contributed by atoms with E-state index in [1.165, 1.54) is 11.8 Å². The van der Waals surface area contributed by atoms with Crippen molar-refractivity contribution >= 4 is 45.7 Å². The molecule has 3 heterocycles. The van der Waals surface area contributed by atoms with Gasteiger partial charge in [-0.15, -0.1) is 0 Å². The number of rotatable bonds is 5. The van der Waals surface area contributed by atoms with Gasteiger partial charge in [0.1, 0.15) is 6.54 Å². The highest BCUT2D eigenvalue weighted by atomic mass is 32.2. The van der Waals surface area contributed by atoms with Crippen LogP contribution in [0.2, 0.25) is 0 Å². The van der Waals surface area contributed by atoms with Crippen LogP contribution in [0.5, 0.6) is 0 Å². The summed E-state index contributed by atoms with van der Waals surface area (Å²) in [6.07, 6.45) is 3.89. The van der Waals surface area contributed by atoms with E-state index in [2.05, 4.69) is 4.99 Å². The van der Waals surface area contributed by atoms with Crippen LogP contribution in [0.1, 0.15) is 19.4 Å². The van der Waals surface area contributed by atoms with Gasteiger partial charge in [-0.05, 0) is 37.8 Å². The Balaban J connectivity index is 1.65. The summed E-state index contributed by atoms with van der Waals surface area (Å²) in [5.74, 6) is 0.0648. The molecule has 2 aliphatic rings. The molecule has 0 radical (unpaired) electrons. The van der Waals surface area contributed by atoms with Gasteiger partial charge in [-0.1, -0.05) is 18.2 Å². The molecule has 2 aromatic rings. The van der Waals surface area contributed by atoms with Crippen LogP contribution in [-0.2, 0) is 20.9 Å². The number of aliphatic imine (C=N–C) groups is 1. The summed E-state index contributed by atoms with van der Waals surface area (Å²) in [5.41, 5.74) is 1.92. The summed E-state index contributed by atoms with van der Waals surface area (Å²) in [4.78, 5) is 34.3. The highest BCUT2D eigenvalue weighted by molar-refractivity contribution is 8.18. The van der Waals surface area contributed by atoms with Crippen molar-refractivity contribution in [3.05, 3.63) is 40.9 Å². The number of hydrogen-bond donors (Lipinski definition) is 0. The maximum absolute atomic E-state index is 12.8. The third-order valence-corrected chi connectivity index (χ3v) is 6.32. The highest BCUT2D eigenvalue weighted by Gasteiger charge is 2.32. The van der Waals surface area contributed by atoms with Crippen LogP contribution >= 0.6 is 11.8 Å². The fourth-order valence-corrected chi connectivity index (χ4v) is 4.86. The Bertz CT molecular complexity index is 1020. The molecule has 158 valence electrons. The second-order valence-corrected chi connectivity index (χ2v) is 8.15. The molecule has 7 nitrogen and oxygen atoms in total. The monoisotopic (exact) mass is 426 g/mol. The predicted octanol–water partition coefficient (Wildman–Crippen LogP) is 2.81. The van der Waals surface area contributed by atoms with Gasteiger partial charge in [0, 0.05) is 48.8 Å². The van der Waals surface area contributed by atoms with Gasteiger partial charge in [0.25, 0.3) is 5.91 Å². The second kappa shape index (κ2) is 9.06. The lowest BCUT2D eigenvalue weighted by Gasteiger charge is -2.27. The lowest BCUT2D eigenvalue weighted by molar-refractivity contribution is -0.135. The summed E-state index contributed by atoms with van der Waals surface area (Å²) in [6.45, 7) is 7.87. The molecule has 4 rings (SSSR count). The molecular formula is C22H26N4O3S. The fourth-order valence-electron chi connectivity index (χ4n) is 3.76. The Labute approximate surface area is 180 Å². The number of ether oxygens (including phenoxy) is 1. The largest absolute Gasteiger partial charge is 0.378 e. The van der Waals surface area contributed by atoms with Crippen molar-refractivity contribution in [3.63, 3.8) is 0 Å². The SMILES string of the molecule is CCN=C1S/C(=C/c2cn(CC(=O)N3CCOCC3)c3ccccc23)C(=O)N1CC. The quantitative estimate of drug-likeness (QED) is 0.690. The minimum absolute atomic E-state index is 0.0177. The summed E-state index contributed by atoms with van der Waals surface area (Å²) in [5, 5.41) is 1.78. The standard InChI is InChI=1S/C22H26N4O3S/c1-3-23-22-26(4-2)21(28)19(30-22)13-16-14-25(18-8-6-5-7-17(16)18)15-20(27)24-9-11-29-12-10-24/h5-8,13-14H,3-4,9-12,15H2,1-2H3/b19-13+,23-22?. The number of thioether (sulfide) groups is 1. The van der Waals surface area contributed by atoms with Gasteiger partial charge in [-0.3, -0.25) is 19.5 Å². The van der Waals surface area contributed by atoms with Crippen molar-refractivity contribution in [2.75, 3.05) is 39.4 Å². The minimum atomic E-state index is -0.0177. The molecule has 0 aliphatic carbocycles. The molecule has 2 saturated heterocycles. The first kappa shape index (κ1) is 20.7. The molecule has 0 saturated carbocycles. The number of hydrogen-bond acceptors (Lipinski definition) is 5. The molecule has 8 heteroatoms. The zero-order chi connectivity index (χ0) is 21.1. The van der Waals surface area contributed by atoms with Crippen LogP contribution in [0.25, 0.3) is 17.0 Å². The third kappa shape index (κ3) is 4.02. The van der Waals surface area contributed by atoms with Crippen molar-refractivity contribution in [2.45, 2.75) is 20.4 Å². The van der Waals surface area contributed by atoms with E-state index in [1.807, 2.05) is 59.9 Å². The van der Waals surface area contributed by atoms with E-state index in [4.69, 9.17) is 4.74 Å². The molecule has 1 aromatic heterocycles. The van der Waals surface area contributed by atoms with Gasteiger partial charge in [0.2, 0.25) is 5.91 Å². The molecule has 0 spiro atoms. The lowest BCUT2D eigenvalue weighted by atomic mass is 10.1. The number of para-hydroxylation sites is 1. The Kier molecular flexibility index (Phi) is 6.24. The smallest absolute Gasteiger partial charge is 0.266 e. The number of amides is 2. The third-order valence-electron chi connectivity index (χ3n) is 5.27. The van der Waals surface area contributed by atoms with Crippen LogP contribution < -0.4 is 0 Å². The first-order chi connectivity index (χ1) is 14.6. The van der Waals surface area contributed by atoms with E-state index >= 15 is 0 Å². The molecule has 2 fully saturated rings. The van der Waals surface area contributed by atoms with E-state index in [0.29, 0.717) is 44.3 Å². The molecule has 0 unspecified atom stereocenters. The molecular weight excluding hydrogens is 400 g/mol. The number of morpholine rings is 1. The van der Waals surface area contributed by atoms with Crippen LogP contribution in [0.4, 0.5) is 0 Å². The van der Waals surface area contributed by atoms with Gasteiger partial charge in [-0.25, -0.2) is 0 Å². The highest BCUT2D eigenvalue weighted by Crippen LogP contribution is 2.34. The van der Waals surface area contributed by atoms with Gasteiger partial charge < -0.3 is 14.2 Å². The van der Waals surface area contributed by atoms with Crippen LogP contribution in [0, 0.1) is 0 Å². The number of nitrogens with zero attached hydrogens (tertiary/aromatic N) is 4. The van der Waals surface area contributed by atoms with Crippen LogP contribution in [0.15, 0.2) is 40.4 Å². The average Bonchev–Trinajstić information content (AvgIpc) is 3.26. The molecule has 1 aromatic carbocycles. The second-order valence-electron chi connectivity index (χ2n) is 7.14. The number of benzene rings is 1. The number of fused-ring (bicyclic) bond motifs is 1. The average molecular weight is 427 g/mol. The van der Waals surface area contributed by atoms with Crippen LogP contribution in [0.3, 0.4) is 0 Å². The van der Waals surface area contributed by atoms with Crippen molar-refractivity contribution in [1.29, 1.82) is 0 Å². The Morgan fingerprint density at radius 2 is 2.00 bits per heavy atom. The van der Waals surface area contributed by atoms with E-state index in [0.717, 1.165) is 21.6 Å². The molecule has 2 amide bonds. The minimum Gasteiger partial charge on any atom is -0.378 e. The molecule has 30 heavy (non-hydrogen) atoms. The van der Waals surface area contributed by atoms with E-state index in [-0.39, 0.29) is 18.4 Å². The Morgan fingerprint density at radius 3 is 2.73 bits per heavy atom. The van der Waals surface area contributed by atoms with Crippen molar-refractivity contribution in [2.24, 2.45) is 4.99 Å². The van der Waals surface area contributed by atoms with Gasteiger partial charge in [0.15, 0.2) is 5.17 Å². The molecule has 0 bridgehead atoms. The first-order valence-corrected chi connectivity index (χ1v) is 11.1. The fraction of sp³-hybridized carbons (Fsp3) is 0.409. The van der Waals surface area contributed by atoms with E-state index in [1.54, 1.807) is 4.90 Å². The number of aromatic nitrogens is 1. The summed E-state index contributed by atoms with van der Waals surface area (Å²) in [6, 6.07) is 7.98. The number of carbonyl (C=O) groups is 2. The molecule has 0 atom stereocenters. The summed E-state index contributed by atoms with van der Waals surface area (Å²) in [7, 11) is 0. The van der Waals surface area contributed by atoms with Crippen molar-refractivity contribution in [1.82, 2.24) is 14.4 Å². The maximum Gasteiger partial charge on any atom is 0.266 e. The van der Waals surface area contributed by atoms with Gasteiger partial charge >= 0.3 is 0 Å². The van der Waals surface area contributed by atoms with E-state index in [9.17, 15) is 9.59 Å². The lowest BCUT2D eigenvalue weighted by Crippen LogP contribution is -2.42. The maximum atomic E-state index is 12.8. The van der Waals surface area contributed by atoms with Gasteiger partial charge in [-0.2, -0.15) is 0 Å². The Hall–Kier alpha value is -2.58. The van der Waals surface area contributed by atoms with Gasteiger partial charge in [0.05, 0.1) is 18.1 Å². The normalized spacial score (nSPS) is 20.1. The number of carbonyl (C=O) groups excluding carboxylic acids is 2. The Morgan fingerprint density at radius 1 is 1.23 bits per heavy atom. The van der Waals surface area contributed by atoms with Crippen molar-refractivity contribution in [3.8, 4) is 0 Å². The topological polar surface area (TPSA) is 67.1 Å². The first-order valence-electron chi connectivity index (χ1n) is 10.3. The zero-order valence-corrected chi connectivity index (χ0v) is 18.2. The molecule has 0 N–H and O–H groups in total. The van der Waals surface area contributed by atoms with Crippen molar-refractivity contribution < 1.29 is 14.3 Å². The van der Waals surface area contributed by atoms with Crippen LogP contribution in [-0.4, -0.2) is 70.7 Å².